The first-order chi connectivity index (χ1) is 9.19. The van der Waals surface area contributed by atoms with E-state index in [4.69, 9.17) is 10.8 Å². The molecule has 0 spiro atoms. The third-order valence-electron chi connectivity index (χ3n) is 2.51. The molecule has 1 aromatic carbocycles. The quantitative estimate of drug-likeness (QED) is 0.683. The second kappa shape index (κ2) is 6.49. The van der Waals surface area contributed by atoms with E-state index in [1.165, 1.54) is 24.3 Å². The van der Waals surface area contributed by atoms with Crippen molar-refractivity contribution in [1.29, 1.82) is 0 Å². The van der Waals surface area contributed by atoms with E-state index in [0.29, 0.717) is 5.69 Å². The molecule has 1 atom stereocenters. The average Bonchev–Trinajstić information content (AvgIpc) is 2.35. The van der Waals surface area contributed by atoms with Crippen LogP contribution in [0.25, 0.3) is 0 Å². The fourth-order valence-corrected chi connectivity index (χ4v) is 2.12. The number of sulfone groups is 1. The Labute approximate surface area is 116 Å². The highest BCUT2D eigenvalue weighted by atomic mass is 32.2. The number of carbonyl (C=O) groups is 2. The molecule has 0 aliphatic heterocycles. The molecular formula is C12H16N2O5S. The van der Waals surface area contributed by atoms with E-state index in [2.05, 4.69) is 5.32 Å². The maximum atomic E-state index is 11.7. The largest absolute Gasteiger partial charge is 0.478 e. The number of nitrogens with two attached hydrogens (primary N) is 1. The maximum Gasteiger partial charge on any atom is 0.335 e. The Morgan fingerprint density at radius 1 is 1.40 bits per heavy atom. The van der Waals surface area contributed by atoms with Crippen molar-refractivity contribution in [2.75, 3.05) is 17.3 Å². The molecule has 0 heterocycles. The van der Waals surface area contributed by atoms with Gasteiger partial charge in [-0.15, -0.1) is 0 Å². The Kier molecular flexibility index (Phi) is 5.23. The summed E-state index contributed by atoms with van der Waals surface area (Å²) in [7, 11) is -3.18. The van der Waals surface area contributed by atoms with Crippen molar-refractivity contribution < 1.29 is 23.1 Å². The number of carbonyl (C=O) groups excluding carboxylic acids is 1. The van der Waals surface area contributed by atoms with E-state index < -0.39 is 27.8 Å². The molecule has 1 amide bonds. The van der Waals surface area contributed by atoms with Crippen molar-refractivity contribution >= 4 is 27.4 Å². The zero-order valence-corrected chi connectivity index (χ0v) is 11.7. The van der Waals surface area contributed by atoms with Gasteiger partial charge in [0.15, 0.2) is 0 Å². The lowest BCUT2D eigenvalue weighted by Gasteiger charge is -2.12. The summed E-state index contributed by atoms with van der Waals surface area (Å²) in [6, 6.07) is 4.72. The number of amides is 1. The van der Waals surface area contributed by atoms with Gasteiger partial charge in [-0.25, -0.2) is 13.2 Å². The summed E-state index contributed by atoms with van der Waals surface area (Å²) in [6.07, 6.45) is 1.07. The highest BCUT2D eigenvalue weighted by Gasteiger charge is 2.16. The molecular weight excluding hydrogens is 284 g/mol. The minimum atomic E-state index is -3.18. The first kappa shape index (κ1) is 16.1. The van der Waals surface area contributed by atoms with Gasteiger partial charge in [-0.05, 0) is 24.6 Å². The van der Waals surface area contributed by atoms with Crippen molar-refractivity contribution in [3.63, 3.8) is 0 Å². The summed E-state index contributed by atoms with van der Waals surface area (Å²) >= 11 is 0. The molecule has 110 valence electrons. The Morgan fingerprint density at radius 3 is 2.60 bits per heavy atom. The van der Waals surface area contributed by atoms with Crippen molar-refractivity contribution in [1.82, 2.24) is 0 Å². The van der Waals surface area contributed by atoms with Crippen LogP contribution in [-0.4, -0.2) is 43.5 Å². The van der Waals surface area contributed by atoms with Crippen molar-refractivity contribution in [2.45, 2.75) is 12.5 Å². The molecule has 0 aromatic heterocycles. The number of carboxylic acids is 1. The molecule has 0 radical (unpaired) electrons. The molecule has 0 aliphatic rings. The molecule has 1 rings (SSSR count). The lowest BCUT2D eigenvalue weighted by Crippen LogP contribution is -2.37. The van der Waals surface area contributed by atoms with Gasteiger partial charge in [0.2, 0.25) is 5.91 Å². The molecule has 8 heteroatoms. The van der Waals surface area contributed by atoms with E-state index in [0.717, 1.165) is 6.26 Å². The number of benzene rings is 1. The Hall–Kier alpha value is -1.93. The number of hydrogen-bond acceptors (Lipinski definition) is 5. The fraction of sp³-hybridized carbons (Fsp3) is 0.333. The molecule has 4 N–H and O–H groups in total. The summed E-state index contributed by atoms with van der Waals surface area (Å²) in [5.41, 5.74) is 5.91. The second-order valence-corrected chi connectivity index (χ2v) is 6.66. The SMILES string of the molecule is CS(=O)(=O)CCC(N)C(=O)Nc1cccc(C(=O)O)c1. The fourth-order valence-electron chi connectivity index (χ4n) is 1.44. The van der Waals surface area contributed by atoms with Crippen LogP contribution in [0.1, 0.15) is 16.8 Å². The van der Waals surface area contributed by atoms with Gasteiger partial charge in [-0.3, -0.25) is 4.79 Å². The highest BCUT2D eigenvalue weighted by molar-refractivity contribution is 7.90. The van der Waals surface area contributed by atoms with Crippen LogP contribution in [0.4, 0.5) is 5.69 Å². The summed E-state index contributed by atoms with van der Waals surface area (Å²) in [4.78, 5) is 22.5. The molecule has 1 aromatic rings. The number of hydrogen-bond donors (Lipinski definition) is 3. The third kappa shape index (κ3) is 5.37. The number of rotatable bonds is 6. The smallest absolute Gasteiger partial charge is 0.335 e. The van der Waals surface area contributed by atoms with Crippen molar-refractivity contribution in [3.8, 4) is 0 Å². The van der Waals surface area contributed by atoms with Crippen LogP contribution in [0.3, 0.4) is 0 Å². The molecule has 20 heavy (non-hydrogen) atoms. The Balaban J connectivity index is 2.66. The van der Waals surface area contributed by atoms with Gasteiger partial charge in [0.1, 0.15) is 9.84 Å². The van der Waals surface area contributed by atoms with Gasteiger partial charge in [0, 0.05) is 11.9 Å². The first-order valence-corrected chi connectivity index (χ1v) is 7.82. The van der Waals surface area contributed by atoms with Gasteiger partial charge in [0.25, 0.3) is 0 Å². The van der Waals surface area contributed by atoms with E-state index in [9.17, 15) is 18.0 Å². The number of carboxylic acid groups (broad SMARTS) is 1. The topological polar surface area (TPSA) is 127 Å². The standard InChI is InChI=1S/C12H16N2O5S/c1-20(18,19)6-5-10(13)11(15)14-9-4-2-3-8(7-9)12(16)17/h2-4,7,10H,5-6,13H2,1H3,(H,14,15)(H,16,17). The Bertz CT molecular complexity index is 612. The average molecular weight is 300 g/mol. The zero-order chi connectivity index (χ0) is 15.3. The number of nitrogens with one attached hydrogen (secondary N) is 1. The van der Waals surface area contributed by atoms with Crippen LogP contribution in [-0.2, 0) is 14.6 Å². The van der Waals surface area contributed by atoms with E-state index in [1.54, 1.807) is 0 Å². The van der Waals surface area contributed by atoms with Crippen LogP contribution in [0.2, 0.25) is 0 Å². The molecule has 0 bridgehead atoms. The minimum Gasteiger partial charge on any atom is -0.478 e. The van der Waals surface area contributed by atoms with E-state index in [1.807, 2.05) is 0 Å². The van der Waals surface area contributed by atoms with Gasteiger partial charge in [-0.1, -0.05) is 6.07 Å². The van der Waals surface area contributed by atoms with Crippen LogP contribution in [0.15, 0.2) is 24.3 Å². The lowest BCUT2D eigenvalue weighted by atomic mass is 10.2. The summed E-state index contributed by atoms with van der Waals surface area (Å²) in [6.45, 7) is 0. The second-order valence-electron chi connectivity index (χ2n) is 4.40. The zero-order valence-electron chi connectivity index (χ0n) is 10.9. The highest BCUT2D eigenvalue weighted by Crippen LogP contribution is 2.11. The van der Waals surface area contributed by atoms with E-state index >= 15 is 0 Å². The van der Waals surface area contributed by atoms with Crippen molar-refractivity contribution in [3.05, 3.63) is 29.8 Å². The van der Waals surface area contributed by atoms with Crippen LogP contribution < -0.4 is 11.1 Å². The van der Waals surface area contributed by atoms with Crippen LogP contribution in [0, 0.1) is 0 Å². The van der Waals surface area contributed by atoms with Gasteiger partial charge in [-0.2, -0.15) is 0 Å². The molecule has 7 nitrogen and oxygen atoms in total. The molecule has 0 fully saturated rings. The predicted molar refractivity (Wildman–Crippen MR) is 74.3 cm³/mol. The molecule has 1 unspecified atom stereocenters. The van der Waals surface area contributed by atoms with Gasteiger partial charge >= 0.3 is 5.97 Å². The molecule has 0 saturated heterocycles. The van der Waals surface area contributed by atoms with Crippen molar-refractivity contribution in [2.24, 2.45) is 5.73 Å². The van der Waals surface area contributed by atoms with Gasteiger partial charge < -0.3 is 16.2 Å². The molecule has 0 saturated carbocycles. The van der Waals surface area contributed by atoms with Crippen LogP contribution in [0.5, 0.6) is 0 Å². The first-order valence-electron chi connectivity index (χ1n) is 5.76. The van der Waals surface area contributed by atoms with E-state index in [-0.39, 0.29) is 17.7 Å². The third-order valence-corrected chi connectivity index (χ3v) is 3.49. The lowest BCUT2D eigenvalue weighted by molar-refractivity contribution is -0.117. The number of aromatic carboxylic acids is 1. The summed E-state index contributed by atoms with van der Waals surface area (Å²) in [5.74, 6) is -1.85. The molecule has 0 aliphatic carbocycles. The maximum absolute atomic E-state index is 11.7. The summed E-state index contributed by atoms with van der Waals surface area (Å²) in [5, 5.41) is 11.3. The monoisotopic (exact) mass is 300 g/mol. The van der Waals surface area contributed by atoms with Gasteiger partial charge in [0.05, 0.1) is 17.4 Å². The number of anilines is 1. The predicted octanol–water partition coefficient (Wildman–Crippen LogP) is 0.0853. The summed E-state index contributed by atoms with van der Waals surface area (Å²) < 4.78 is 22.0. The Morgan fingerprint density at radius 2 is 2.05 bits per heavy atom. The van der Waals surface area contributed by atoms with Crippen LogP contribution >= 0.6 is 0 Å². The minimum absolute atomic E-state index is 0.00326. The normalized spacial score (nSPS) is 12.7.